The van der Waals surface area contributed by atoms with Gasteiger partial charge in [0.05, 0.1) is 11.5 Å². The molecule has 28 heavy (non-hydrogen) atoms. The van der Waals surface area contributed by atoms with Crippen molar-refractivity contribution in [1.29, 1.82) is 0 Å². The number of ether oxygens (including phenoxy) is 1. The van der Waals surface area contributed by atoms with Crippen LogP contribution in [-0.4, -0.2) is 45.1 Å². The molecule has 0 saturated carbocycles. The van der Waals surface area contributed by atoms with Gasteiger partial charge in [0.25, 0.3) is 11.1 Å². The van der Waals surface area contributed by atoms with E-state index in [-0.39, 0.29) is 18.1 Å². The summed E-state index contributed by atoms with van der Waals surface area (Å²) < 4.78 is 6.59. The lowest BCUT2D eigenvalue weighted by molar-refractivity contribution is -0.150. The summed E-state index contributed by atoms with van der Waals surface area (Å²) in [6.45, 7) is 3.26. The molecule has 146 valence electrons. The highest BCUT2D eigenvalue weighted by atomic mass is 32.2. The van der Waals surface area contributed by atoms with Crippen molar-refractivity contribution in [2.75, 3.05) is 6.61 Å². The Morgan fingerprint density at radius 3 is 2.68 bits per heavy atom. The fraction of sp³-hybridized carbons (Fsp3) is 0.263. The first-order valence-corrected chi connectivity index (χ1v) is 9.45. The maximum atomic E-state index is 12.7. The summed E-state index contributed by atoms with van der Waals surface area (Å²) in [6, 6.07) is 6.35. The molecule has 2 N–H and O–H groups in total. The quantitative estimate of drug-likeness (QED) is 0.586. The number of carbonyl (C=O) groups excluding carboxylic acids is 4. The summed E-state index contributed by atoms with van der Waals surface area (Å²) in [4.78, 5) is 49.4. The maximum Gasteiger partial charge on any atom is 0.329 e. The Kier molecular flexibility index (Phi) is 5.55. The molecule has 1 aliphatic heterocycles. The van der Waals surface area contributed by atoms with Gasteiger partial charge < -0.3 is 15.0 Å². The number of aromatic nitrogens is 1. The lowest BCUT2D eigenvalue weighted by atomic mass is 10.1. The Bertz CT molecular complexity index is 1010. The van der Waals surface area contributed by atoms with E-state index >= 15 is 0 Å². The highest BCUT2D eigenvalue weighted by Crippen LogP contribution is 2.35. The van der Waals surface area contributed by atoms with Crippen molar-refractivity contribution in [2.24, 2.45) is 5.73 Å². The third-order valence-electron chi connectivity index (χ3n) is 4.27. The first-order chi connectivity index (χ1) is 13.3. The maximum absolute atomic E-state index is 12.7. The molecule has 2 heterocycles. The van der Waals surface area contributed by atoms with E-state index in [0.29, 0.717) is 5.56 Å². The number of amides is 3. The second kappa shape index (κ2) is 7.89. The summed E-state index contributed by atoms with van der Waals surface area (Å²) in [7, 11) is 0. The van der Waals surface area contributed by atoms with Crippen LogP contribution in [0, 0.1) is 0 Å². The third kappa shape index (κ3) is 3.65. The van der Waals surface area contributed by atoms with Gasteiger partial charge in [-0.3, -0.25) is 19.3 Å². The normalized spacial score (nSPS) is 16.8. The van der Waals surface area contributed by atoms with E-state index in [1.165, 1.54) is 6.92 Å². The highest BCUT2D eigenvalue weighted by molar-refractivity contribution is 8.18. The van der Waals surface area contributed by atoms with E-state index in [1.54, 1.807) is 23.8 Å². The largest absolute Gasteiger partial charge is 0.464 e. The topological polar surface area (TPSA) is 112 Å². The van der Waals surface area contributed by atoms with Crippen molar-refractivity contribution >= 4 is 51.8 Å². The predicted molar refractivity (Wildman–Crippen MR) is 105 cm³/mol. The molecule has 0 aliphatic carbocycles. The zero-order chi connectivity index (χ0) is 20.4. The lowest BCUT2D eigenvalue weighted by Crippen LogP contribution is -2.42. The Hall–Kier alpha value is -3.07. The Morgan fingerprint density at radius 1 is 1.29 bits per heavy atom. The Labute approximate surface area is 165 Å². The van der Waals surface area contributed by atoms with Gasteiger partial charge in [0.1, 0.15) is 12.6 Å². The van der Waals surface area contributed by atoms with Crippen LogP contribution in [0.15, 0.2) is 35.4 Å². The van der Waals surface area contributed by atoms with Crippen LogP contribution in [0.3, 0.4) is 0 Å². The minimum Gasteiger partial charge on any atom is -0.464 e. The third-order valence-corrected chi connectivity index (χ3v) is 5.15. The van der Waals surface area contributed by atoms with Gasteiger partial charge in [-0.1, -0.05) is 18.2 Å². The number of imide groups is 1. The van der Waals surface area contributed by atoms with Crippen molar-refractivity contribution in [3.63, 3.8) is 0 Å². The number of thioether (sulfide) groups is 1. The van der Waals surface area contributed by atoms with Gasteiger partial charge in [-0.15, -0.1) is 0 Å². The van der Waals surface area contributed by atoms with Crippen LogP contribution in [0.4, 0.5) is 4.79 Å². The minimum atomic E-state index is -1.01. The van der Waals surface area contributed by atoms with E-state index in [2.05, 4.69) is 0 Å². The first kappa shape index (κ1) is 19.7. The van der Waals surface area contributed by atoms with E-state index in [4.69, 9.17) is 10.5 Å². The van der Waals surface area contributed by atoms with Gasteiger partial charge >= 0.3 is 5.97 Å². The SMILES string of the molecule is CCOC(=O)C(C)N1C(=O)SC(=Cc2cn(CC(N)=O)c3ccccc23)C1=O. The highest BCUT2D eigenvalue weighted by Gasteiger charge is 2.41. The molecule has 8 nitrogen and oxygen atoms in total. The smallest absolute Gasteiger partial charge is 0.329 e. The number of para-hydroxylation sites is 1. The molecular weight excluding hydrogens is 382 g/mol. The zero-order valence-electron chi connectivity index (χ0n) is 15.4. The summed E-state index contributed by atoms with van der Waals surface area (Å²) in [6.07, 6.45) is 3.29. The van der Waals surface area contributed by atoms with Crippen molar-refractivity contribution in [3.8, 4) is 0 Å². The monoisotopic (exact) mass is 401 g/mol. The minimum absolute atomic E-state index is 0.00424. The molecule has 1 aromatic carbocycles. The van der Waals surface area contributed by atoms with Crippen LogP contribution in [-0.2, 0) is 25.7 Å². The Balaban J connectivity index is 1.96. The van der Waals surface area contributed by atoms with Crippen molar-refractivity contribution in [2.45, 2.75) is 26.4 Å². The van der Waals surface area contributed by atoms with Gasteiger partial charge in [-0.25, -0.2) is 4.79 Å². The van der Waals surface area contributed by atoms with Crippen LogP contribution >= 0.6 is 11.8 Å². The van der Waals surface area contributed by atoms with E-state index in [0.717, 1.165) is 27.6 Å². The van der Waals surface area contributed by atoms with E-state index in [9.17, 15) is 19.2 Å². The van der Waals surface area contributed by atoms with E-state index in [1.807, 2.05) is 24.3 Å². The van der Waals surface area contributed by atoms with Crippen molar-refractivity contribution in [1.82, 2.24) is 9.47 Å². The summed E-state index contributed by atoms with van der Waals surface area (Å²) in [5.74, 6) is -1.68. The van der Waals surface area contributed by atoms with Gasteiger partial charge in [0, 0.05) is 22.7 Å². The fourth-order valence-electron chi connectivity index (χ4n) is 3.01. The van der Waals surface area contributed by atoms with Gasteiger partial charge in [0.2, 0.25) is 5.91 Å². The molecule has 0 bridgehead atoms. The molecule has 1 unspecified atom stereocenters. The summed E-state index contributed by atoms with van der Waals surface area (Å²) in [5, 5.41) is 0.284. The number of primary amides is 1. The molecule has 9 heteroatoms. The second-order valence-corrected chi connectivity index (χ2v) is 7.17. The number of esters is 1. The second-order valence-electron chi connectivity index (χ2n) is 6.18. The number of benzene rings is 1. The van der Waals surface area contributed by atoms with Crippen LogP contribution in [0.5, 0.6) is 0 Å². The number of carbonyl (C=O) groups is 4. The standard InChI is InChI=1S/C19H19N3O5S/c1-3-27-18(25)11(2)22-17(24)15(28-19(22)26)8-12-9-21(10-16(20)23)14-7-5-4-6-13(12)14/h4-9,11H,3,10H2,1-2H3,(H2,20,23). The molecule has 1 aliphatic rings. The number of fused-ring (bicyclic) bond motifs is 1. The number of nitrogens with two attached hydrogens (primary N) is 1. The molecule has 0 radical (unpaired) electrons. The molecule has 3 rings (SSSR count). The molecular formula is C19H19N3O5S. The summed E-state index contributed by atoms with van der Waals surface area (Å²) >= 11 is 0.762. The molecule has 1 saturated heterocycles. The van der Waals surface area contributed by atoms with Crippen molar-refractivity contribution < 1.29 is 23.9 Å². The van der Waals surface area contributed by atoms with Crippen LogP contribution in [0.1, 0.15) is 19.4 Å². The van der Waals surface area contributed by atoms with E-state index < -0.39 is 29.1 Å². The number of hydrogen-bond donors (Lipinski definition) is 1. The molecule has 3 amide bonds. The molecule has 1 atom stereocenters. The Morgan fingerprint density at radius 2 is 2.00 bits per heavy atom. The van der Waals surface area contributed by atoms with Crippen LogP contribution in [0.25, 0.3) is 17.0 Å². The fourth-order valence-corrected chi connectivity index (χ4v) is 3.91. The first-order valence-electron chi connectivity index (χ1n) is 8.63. The van der Waals surface area contributed by atoms with Crippen LogP contribution in [0.2, 0.25) is 0 Å². The van der Waals surface area contributed by atoms with Gasteiger partial charge in [-0.2, -0.15) is 0 Å². The number of nitrogens with zero attached hydrogens (tertiary/aromatic N) is 2. The molecule has 1 aromatic heterocycles. The average molecular weight is 401 g/mol. The van der Waals surface area contributed by atoms with Gasteiger partial charge in [0.15, 0.2) is 0 Å². The molecule has 0 spiro atoms. The van der Waals surface area contributed by atoms with Crippen LogP contribution < -0.4 is 5.73 Å². The number of rotatable bonds is 6. The zero-order valence-corrected chi connectivity index (χ0v) is 16.2. The lowest BCUT2D eigenvalue weighted by Gasteiger charge is -2.19. The summed E-state index contributed by atoms with van der Waals surface area (Å²) in [5.41, 5.74) is 6.76. The molecule has 2 aromatic rings. The van der Waals surface area contributed by atoms with Crippen molar-refractivity contribution in [3.05, 3.63) is 40.9 Å². The average Bonchev–Trinajstić information content (AvgIpc) is 3.12. The number of hydrogen-bond acceptors (Lipinski definition) is 6. The molecule has 1 fully saturated rings. The van der Waals surface area contributed by atoms with Gasteiger partial charge in [-0.05, 0) is 37.8 Å². The predicted octanol–water partition coefficient (Wildman–Crippen LogP) is 2.11.